The van der Waals surface area contributed by atoms with E-state index in [0.717, 1.165) is 33.8 Å². The van der Waals surface area contributed by atoms with Gasteiger partial charge in [0.25, 0.3) is 0 Å². The van der Waals surface area contributed by atoms with Crippen LogP contribution in [0.15, 0.2) is 249 Å². The maximum Gasteiger partial charge on any atom is 0.0540 e. The Bertz CT molecular complexity index is 3300. The topological polar surface area (TPSA) is 3.24 Å². The Balaban J connectivity index is 1.09. The second kappa shape index (κ2) is 16.3. The molecule has 10 aromatic carbocycles. The molecule has 11 rings (SSSR count). The zero-order valence-electron chi connectivity index (χ0n) is 34.0. The molecule has 0 spiro atoms. The van der Waals surface area contributed by atoms with Crippen LogP contribution in [0.2, 0.25) is 0 Å². The molecule has 0 saturated heterocycles. The number of fused-ring (bicyclic) bond motifs is 3. The van der Waals surface area contributed by atoms with Crippen LogP contribution in [0, 0.1) is 0 Å². The Morgan fingerprint density at radius 3 is 1.35 bits per heavy atom. The van der Waals surface area contributed by atoms with Crippen LogP contribution < -0.4 is 4.90 Å². The van der Waals surface area contributed by atoms with Gasteiger partial charge in [0, 0.05) is 37.1 Å². The Morgan fingerprint density at radius 1 is 0.258 bits per heavy atom. The fourth-order valence-electron chi connectivity index (χ4n) is 8.84. The monoisotopic (exact) mass is 807 g/mol. The molecule has 0 aliphatic carbocycles. The average Bonchev–Trinajstić information content (AvgIpc) is 3.75. The van der Waals surface area contributed by atoms with E-state index in [2.05, 4.69) is 254 Å². The Morgan fingerprint density at radius 2 is 0.710 bits per heavy atom. The molecule has 292 valence electrons. The lowest BCUT2D eigenvalue weighted by Crippen LogP contribution is -2.11. The molecule has 0 aliphatic heterocycles. The number of thiophene rings is 1. The highest BCUT2D eigenvalue weighted by molar-refractivity contribution is 7.26. The second-order valence-electron chi connectivity index (χ2n) is 15.7. The molecular weight excluding hydrogens is 767 g/mol. The predicted molar refractivity (Wildman–Crippen MR) is 267 cm³/mol. The van der Waals surface area contributed by atoms with Gasteiger partial charge in [0.2, 0.25) is 0 Å². The third-order valence-corrected chi connectivity index (χ3v) is 13.1. The minimum absolute atomic E-state index is 1.09. The Labute approximate surface area is 367 Å². The molecule has 11 aromatic rings. The summed E-state index contributed by atoms with van der Waals surface area (Å²) in [5, 5.41) is 2.63. The van der Waals surface area contributed by atoms with Gasteiger partial charge in [0.15, 0.2) is 0 Å². The molecular formula is C60H41NS. The summed E-state index contributed by atoms with van der Waals surface area (Å²) in [6.07, 6.45) is 0. The number of hydrogen-bond acceptors (Lipinski definition) is 2. The van der Waals surface area contributed by atoms with Crippen LogP contribution in [-0.2, 0) is 0 Å². The summed E-state index contributed by atoms with van der Waals surface area (Å²) in [6.45, 7) is 0. The molecule has 0 radical (unpaired) electrons. The highest BCUT2D eigenvalue weighted by Gasteiger charge is 2.21. The van der Waals surface area contributed by atoms with Gasteiger partial charge in [-0.05, 0) is 110 Å². The van der Waals surface area contributed by atoms with Crippen molar-refractivity contribution in [1.29, 1.82) is 0 Å². The number of hydrogen-bond donors (Lipinski definition) is 0. The van der Waals surface area contributed by atoms with E-state index < -0.39 is 0 Å². The van der Waals surface area contributed by atoms with Crippen LogP contribution in [-0.4, -0.2) is 0 Å². The van der Waals surface area contributed by atoms with Crippen molar-refractivity contribution < 1.29 is 0 Å². The lowest BCUT2D eigenvalue weighted by molar-refractivity contribution is 1.28. The minimum Gasteiger partial charge on any atom is -0.310 e. The molecule has 0 saturated carbocycles. The van der Waals surface area contributed by atoms with Crippen molar-refractivity contribution in [2.75, 3.05) is 4.90 Å². The molecule has 2 heteroatoms. The van der Waals surface area contributed by atoms with E-state index in [1.165, 1.54) is 70.2 Å². The summed E-state index contributed by atoms with van der Waals surface area (Å²) in [6, 6.07) is 90.4. The van der Waals surface area contributed by atoms with E-state index in [1.54, 1.807) is 0 Å². The first-order valence-corrected chi connectivity index (χ1v) is 22.0. The Hall–Kier alpha value is -7.78. The Kier molecular flexibility index (Phi) is 9.82. The normalized spacial score (nSPS) is 11.2. The first-order chi connectivity index (χ1) is 30.7. The lowest BCUT2D eigenvalue weighted by atomic mass is 9.89. The highest BCUT2D eigenvalue weighted by Crippen LogP contribution is 2.46. The molecule has 62 heavy (non-hydrogen) atoms. The van der Waals surface area contributed by atoms with Gasteiger partial charge in [0.1, 0.15) is 0 Å². The number of rotatable bonds is 9. The zero-order valence-corrected chi connectivity index (χ0v) is 34.8. The molecule has 0 amide bonds. The van der Waals surface area contributed by atoms with Crippen molar-refractivity contribution >= 4 is 48.6 Å². The third-order valence-electron chi connectivity index (χ3n) is 11.9. The van der Waals surface area contributed by atoms with Gasteiger partial charge < -0.3 is 4.90 Å². The SMILES string of the molecule is c1ccc(-c2ccc(N(c3ccc(-c4cccc5c4sc4ccccc45)cc3)c3ccc(-c4cc(-c5ccccc5)ccc4-c4ccccc4)cc3-c3ccccc3)cc2)cc1. The quantitative estimate of drug-likeness (QED) is 0.140. The van der Waals surface area contributed by atoms with E-state index in [4.69, 9.17) is 0 Å². The molecule has 1 aromatic heterocycles. The van der Waals surface area contributed by atoms with Crippen LogP contribution in [0.25, 0.3) is 86.9 Å². The smallest absolute Gasteiger partial charge is 0.0540 e. The van der Waals surface area contributed by atoms with Crippen LogP contribution in [0.3, 0.4) is 0 Å². The van der Waals surface area contributed by atoms with Crippen molar-refractivity contribution in [2.24, 2.45) is 0 Å². The van der Waals surface area contributed by atoms with Crippen molar-refractivity contribution in [3.63, 3.8) is 0 Å². The number of benzene rings is 10. The maximum absolute atomic E-state index is 2.42. The van der Waals surface area contributed by atoms with Gasteiger partial charge >= 0.3 is 0 Å². The van der Waals surface area contributed by atoms with E-state index in [1.807, 2.05) is 11.3 Å². The molecule has 0 atom stereocenters. The van der Waals surface area contributed by atoms with Gasteiger partial charge in [-0.25, -0.2) is 0 Å². The zero-order chi connectivity index (χ0) is 41.2. The maximum atomic E-state index is 2.42. The van der Waals surface area contributed by atoms with E-state index in [-0.39, 0.29) is 0 Å². The van der Waals surface area contributed by atoms with Gasteiger partial charge in [-0.15, -0.1) is 11.3 Å². The summed E-state index contributed by atoms with van der Waals surface area (Å²) in [7, 11) is 0. The number of nitrogens with zero attached hydrogens (tertiary/aromatic N) is 1. The summed E-state index contributed by atoms with van der Waals surface area (Å²) in [4.78, 5) is 2.42. The van der Waals surface area contributed by atoms with Gasteiger partial charge in [-0.2, -0.15) is 0 Å². The van der Waals surface area contributed by atoms with E-state index in [9.17, 15) is 0 Å². The molecule has 1 nitrogen and oxygen atoms in total. The van der Waals surface area contributed by atoms with Gasteiger partial charge in [-0.1, -0.05) is 200 Å². The summed E-state index contributed by atoms with van der Waals surface area (Å²) in [5.41, 5.74) is 17.6. The molecule has 0 unspecified atom stereocenters. The van der Waals surface area contributed by atoms with Crippen molar-refractivity contribution in [1.82, 2.24) is 0 Å². The summed E-state index contributed by atoms with van der Waals surface area (Å²) < 4.78 is 2.64. The average molecular weight is 808 g/mol. The largest absolute Gasteiger partial charge is 0.310 e. The minimum atomic E-state index is 1.09. The summed E-state index contributed by atoms with van der Waals surface area (Å²) in [5.74, 6) is 0. The fraction of sp³-hybridized carbons (Fsp3) is 0. The van der Waals surface area contributed by atoms with Crippen molar-refractivity contribution in [3.05, 3.63) is 249 Å². The predicted octanol–water partition coefficient (Wildman–Crippen LogP) is 17.5. The van der Waals surface area contributed by atoms with Gasteiger partial charge in [-0.3, -0.25) is 0 Å². The highest BCUT2D eigenvalue weighted by atomic mass is 32.1. The molecule has 0 N–H and O–H groups in total. The van der Waals surface area contributed by atoms with Crippen molar-refractivity contribution in [3.8, 4) is 66.8 Å². The van der Waals surface area contributed by atoms with Crippen LogP contribution in [0.1, 0.15) is 0 Å². The third kappa shape index (κ3) is 7.07. The number of anilines is 3. The van der Waals surface area contributed by atoms with E-state index >= 15 is 0 Å². The van der Waals surface area contributed by atoms with Crippen LogP contribution >= 0.6 is 11.3 Å². The van der Waals surface area contributed by atoms with Gasteiger partial charge in [0.05, 0.1) is 5.69 Å². The molecule has 0 fully saturated rings. The fourth-order valence-corrected chi connectivity index (χ4v) is 10.1. The van der Waals surface area contributed by atoms with Crippen molar-refractivity contribution in [2.45, 2.75) is 0 Å². The van der Waals surface area contributed by atoms with Crippen LogP contribution in [0.4, 0.5) is 17.1 Å². The molecule has 0 aliphatic rings. The van der Waals surface area contributed by atoms with E-state index in [0.29, 0.717) is 0 Å². The lowest BCUT2D eigenvalue weighted by Gasteiger charge is -2.29. The standard InChI is InChI=1S/C60H41NS/c1-5-16-42(17-6-1)44-28-34-50(35-29-44)61(51-36-30-47(31-37-51)53-25-15-26-55-54-24-13-14-27-59(54)62-60(53)55)58-39-33-49(41-57(58)46-22-11-4-12-23-46)56-40-48(43-18-7-2-8-19-43)32-38-52(56)45-20-9-3-10-21-45/h1-41H. The summed E-state index contributed by atoms with van der Waals surface area (Å²) >= 11 is 1.87. The molecule has 1 heterocycles. The first kappa shape index (κ1) is 37.2. The van der Waals surface area contributed by atoms with Crippen LogP contribution in [0.5, 0.6) is 0 Å². The molecule has 0 bridgehead atoms. The second-order valence-corrected chi connectivity index (χ2v) is 16.7. The first-order valence-electron chi connectivity index (χ1n) is 21.2.